The molecule has 0 aliphatic rings. The Labute approximate surface area is 204 Å². The summed E-state index contributed by atoms with van der Waals surface area (Å²) in [5.74, 6) is -16.5. The lowest BCUT2D eigenvalue weighted by atomic mass is 10.3. The van der Waals surface area contributed by atoms with Crippen molar-refractivity contribution in [3.63, 3.8) is 0 Å². The first kappa shape index (κ1) is 33.5. The predicted molar refractivity (Wildman–Crippen MR) is 109 cm³/mol. The molecule has 18 heteroatoms. The summed E-state index contributed by atoms with van der Waals surface area (Å²) in [5, 5.41) is 73.5. The predicted octanol–water partition coefficient (Wildman–Crippen LogP) is -5.60. The first-order valence-corrected chi connectivity index (χ1v) is 10.0. The highest BCUT2D eigenvalue weighted by atomic mass is 16.8. The molecule has 210 valence electrons. The molecule has 18 nitrogen and oxygen atoms in total. The number of hydrogen-bond donors (Lipinski definition) is 8. The van der Waals surface area contributed by atoms with Crippen LogP contribution in [0.5, 0.6) is 0 Å². The molecule has 0 heterocycles. The van der Waals surface area contributed by atoms with Gasteiger partial charge in [0.15, 0.2) is 0 Å². The van der Waals surface area contributed by atoms with Crippen LogP contribution in [0.4, 0.5) is 0 Å². The van der Waals surface area contributed by atoms with E-state index in [1.807, 2.05) is 0 Å². The van der Waals surface area contributed by atoms with Crippen molar-refractivity contribution >= 4 is 23.9 Å². The molecule has 0 aromatic rings. The smallest absolute Gasteiger partial charge is 0.324 e. The highest BCUT2D eigenvalue weighted by molar-refractivity contribution is 5.76. The van der Waals surface area contributed by atoms with Crippen LogP contribution >= 0.6 is 0 Å². The zero-order valence-corrected chi connectivity index (χ0v) is 20.0. The Kier molecular flexibility index (Phi) is 12.2. The van der Waals surface area contributed by atoms with Gasteiger partial charge in [0.2, 0.25) is 0 Å². The van der Waals surface area contributed by atoms with Gasteiger partial charge in [-0.05, 0) is 0 Å². The van der Waals surface area contributed by atoms with E-state index < -0.39 is 87.0 Å². The van der Waals surface area contributed by atoms with Crippen molar-refractivity contribution in [2.75, 3.05) is 39.3 Å². The topological polar surface area (TPSA) is 274 Å². The number of carbonyl (C=O) groups is 4. The van der Waals surface area contributed by atoms with Crippen molar-refractivity contribution in [1.82, 2.24) is 9.80 Å². The van der Waals surface area contributed by atoms with E-state index in [2.05, 4.69) is 18.9 Å². The Balaban J connectivity index is 5.55. The van der Waals surface area contributed by atoms with Crippen LogP contribution in [0.3, 0.4) is 0 Å². The number of esters is 4. The van der Waals surface area contributed by atoms with Crippen LogP contribution in [-0.4, -0.2) is 138 Å². The van der Waals surface area contributed by atoms with Gasteiger partial charge in [-0.1, -0.05) is 0 Å². The number of hydrogen-bond acceptors (Lipinski definition) is 18. The molecule has 0 atom stereocenters. The van der Waals surface area contributed by atoms with Crippen molar-refractivity contribution < 1.29 is 79.0 Å². The van der Waals surface area contributed by atoms with Crippen molar-refractivity contribution in [3.8, 4) is 0 Å². The summed E-state index contributed by atoms with van der Waals surface area (Å²) in [6.07, 6.45) is 0. The van der Waals surface area contributed by atoms with Gasteiger partial charge in [-0.2, -0.15) is 0 Å². The number of nitrogens with zero attached hydrogens (tertiary/aromatic N) is 2. The normalized spacial score (nSPS) is 12.9. The van der Waals surface area contributed by atoms with E-state index in [1.54, 1.807) is 0 Å². The second kappa shape index (κ2) is 13.1. The van der Waals surface area contributed by atoms with Gasteiger partial charge in [-0.15, -0.1) is 0 Å². The Morgan fingerprint density at radius 3 is 0.778 bits per heavy atom. The number of ether oxygens (including phenoxy) is 4. The van der Waals surface area contributed by atoms with Crippen LogP contribution in [0, 0.1) is 0 Å². The average molecular weight is 532 g/mol. The third kappa shape index (κ3) is 19.8. The van der Waals surface area contributed by atoms with Crippen LogP contribution in [0.1, 0.15) is 27.7 Å². The highest BCUT2D eigenvalue weighted by Gasteiger charge is 2.29. The Morgan fingerprint density at radius 2 is 0.639 bits per heavy atom. The molecule has 0 saturated carbocycles. The maximum Gasteiger partial charge on any atom is 0.324 e. The SMILES string of the molecule is CC(O)(O)OC(=O)CN(CCN(CC(=O)OC(C)(O)O)CC(=O)OC(C)(O)O)CC(=O)OC(C)(O)O. The fourth-order valence-corrected chi connectivity index (χ4v) is 2.43. The molecule has 0 aromatic carbocycles. The minimum atomic E-state index is -2.86. The third-order valence-corrected chi connectivity index (χ3v) is 3.37. The largest absolute Gasteiger partial charge is 0.407 e. The molecule has 8 N–H and O–H groups in total. The van der Waals surface area contributed by atoms with E-state index >= 15 is 0 Å². The van der Waals surface area contributed by atoms with Gasteiger partial charge in [0.05, 0.1) is 26.2 Å². The highest BCUT2D eigenvalue weighted by Crippen LogP contribution is 2.07. The van der Waals surface area contributed by atoms with E-state index in [0.29, 0.717) is 0 Å². The monoisotopic (exact) mass is 532 g/mol. The van der Waals surface area contributed by atoms with Gasteiger partial charge in [-0.25, -0.2) is 0 Å². The molecule has 0 aromatic heterocycles. The molecule has 0 fully saturated rings. The zero-order valence-electron chi connectivity index (χ0n) is 20.0. The Hall–Kier alpha value is -2.52. The lowest BCUT2D eigenvalue weighted by Crippen LogP contribution is -2.47. The van der Waals surface area contributed by atoms with Crippen LogP contribution < -0.4 is 0 Å². The van der Waals surface area contributed by atoms with Crippen molar-refractivity contribution in [3.05, 3.63) is 0 Å². The van der Waals surface area contributed by atoms with E-state index in [1.165, 1.54) is 0 Å². The van der Waals surface area contributed by atoms with Gasteiger partial charge in [0.1, 0.15) is 0 Å². The van der Waals surface area contributed by atoms with E-state index in [4.69, 9.17) is 0 Å². The minimum Gasteiger partial charge on any atom is -0.407 e. The van der Waals surface area contributed by atoms with Crippen LogP contribution in [0.25, 0.3) is 0 Å². The molecule has 0 bridgehead atoms. The van der Waals surface area contributed by atoms with Crippen LogP contribution in [0.15, 0.2) is 0 Å². The molecular weight excluding hydrogens is 500 g/mol. The first-order valence-electron chi connectivity index (χ1n) is 10.0. The summed E-state index contributed by atoms with van der Waals surface area (Å²) in [6, 6.07) is 0. The third-order valence-electron chi connectivity index (χ3n) is 3.37. The van der Waals surface area contributed by atoms with Crippen molar-refractivity contribution in [2.45, 2.75) is 51.6 Å². The molecule has 36 heavy (non-hydrogen) atoms. The maximum atomic E-state index is 11.9. The summed E-state index contributed by atoms with van der Waals surface area (Å²) >= 11 is 0. The summed E-state index contributed by atoms with van der Waals surface area (Å²) in [7, 11) is 0. The van der Waals surface area contributed by atoms with Gasteiger partial charge >= 0.3 is 47.8 Å². The molecule has 0 saturated heterocycles. The Bertz CT molecular complexity index is 635. The fourth-order valence-electron chi connectivity index (χ4n) is 2.43. The van der Waals surface area contributed by atoms with Crippen molar-refractivity contribution in [1.29, 1.82) is 0 Å². The van der Waals surface area contributed by atoms with Crippen LogP contribution in [-0.2, 0) is 38.1 Å². The first-order chi connectivity index (χ1) is 15.9. The van der Waals surface area contributed by atoms with Gasteiger partial charge in [0, 0.05) is 40.8 Å². The molecule has 0 radical (unpaired) electrons. The minimum absolute atomic E-state index is 0.392. The van der Waals surface area contributed by atoms with Gasteiger partial charge in [-0.3, -0.25) is 29.0 Å². The molecule has 0 aliphatic heterocycles. The van der Waals surface area contributed by atoms with Gasteiger partial charge < -0.3 is 59.8 Å². The number of rotatable bonds is 15. The second-order valence-electron chi connectivity index (χ2n) is 8.05. The molecule has 0 rings (SSSR count). The van der Waals surface area contributed by atoms with Crippen LogP contribution in [0.2, 0.25) is 0 Å². The lowest BCUT2D eigenvalue weighted by Gasteiger charge is -2.28. The zero-order chi connectivity index (χ0) is 28.5. The van der Waals surface area contributed by atoms with Crippen molar-refractivity contribution in [2.24, 2.45) is 0 Å². The number of aliphatic hydroxyl groups is 8. The number of carbonyl (C=O) groups excluding carboxylic acids is 4. The molecule has 0 spiro atoms. The Morgan fingerprint density at radius 1 is 0.472 bits per heavy atom. The molecule has 0 amide bonds. The standard InChI is InChI=1S/C18H32N2O16/c1-15(25,26)33-11(21)7-19(8-12(22)34-16(2,27)28)5-6-20(9-13(23)35-17(3,29)30)10-14(24)36-18(4,31)32/h25-32H,5-10H2,1-4H3. The molecule has 0 aliphatic carbocycles. The van der Waals surface area contributed by atoms with E-state index in [0.717, 1.165) is 37.5 Å². The lowest BCUT2D eigenvalue weighted by molar-refractivity contribution is -0.310. The molecule has 0 unspecified atom stereocenters. The maximum absolute atomic E-state index is 11.9. The molecular formula is C18H32N2O16. The summed E-state index contributed by atoms with van der Waals surface area (Å²) in [4.78, 5) is 49.6. The quantitative estimate of drug-likeness (QED) is 0.0554. The van der Waals surface area contributed by atoms with E-state index in [-0.39, 0.29) is 0 Å². The van der Waals surface area contributed by atoms with Gasteiger partial charge in [0.25, 0.3) is 0 Å². The summed E-state index contributed by atoms with van der Waals surface area (Å²) in [6.45, 7) is -1.13. The second-order valence-corrected chi connectivity index (χ2v) is 8.05. The fraction of sp³-hybridized carbons (Fsp3) is 0.778. The van der Waals surface area contributed by atoms with E-state index in [9.17, 15) is 60.0 Å². The average Bonchev–Trinajstić information content (AvgIpc) is 2.52. The summed E-state index contributed by atoms with van der Waals surface area (Å²) in [5.41, 5.74) is 0. The summed E-state index contributed by atoms with van der Waals surface area (Å²) < 4.78 is 17.2.